The highest BCUT2D eigenvalue weighted by Crippen LogP contribution is 2.42. The van der Waals surface area contributed by atoms with Crippen molar-refractivity contribution >= 4 is 15.8 Å². The van der Waals surface area contributed by atoms with Gasteiger partial charge < -0.3 is 5.11 Å². The average molecular weight is 242 g/mol. The summed E-state index contributed by atoms with van der Waals surface area (Å²) < 4.78 is 23.6. The van der Waals surface area contributed by atoms with Gasteiger partial charge >= 0.3 is 5.97 Å². The Balaban J connectivity index is 2.65. The van der Waals surface area contributed by atoms with E-state index in [9.17, 15) is 13.2 Å². The van der Waals surface area contributed by atoms with Crippen LogP contribution in [0, 0.1) is 0 Å². The predicted octanol–water partition coefficient (Wildman–Crippen LogP) is 0.725. The highest BCUT2D eigenvalue weighted by molar-refractivity contribution is 7.92. The second-order valence-corrected chi connectivity index (χ2v) is 6.31. The number of aromatic carboxylic acids is 1. The van der Waals surface area contributed by atoms with Gasteiger partial charge in [0.05, 0.1) is 10.9 Å². The monoisotopic (exact) mass is 242 g/mol. The summed E-state index contributed by atoms with van der Waals surface area (Å²) in [5.41, 5.74) is 0.803. The van der Waals surface area contributed by atoms with Gasteiger partial charge in [-0.3, -0.25) is 0 Å². The average Bonchev–Trinajstić information content (AvgIpc) is 2.40. The number of carbonyl (C=O) groups is 1. The molecule has 2 heterocycles. The third-order valence-corrected chi connectivity index (χ3v) is 5.30. The summed E-state index contributed by atoms with van der Waals surface area (Å²) in [5, 5.41) is 7.29. The van der Waals surface area contributed by atoms with Crippen molar-refractivity contribution in [3.63, 3.8) is 0 Å². The smallest absolute Gasteiger partial charge is 0.373 e. The van der Waals surface area contributed by atoms with Gasteiger partial charge in [0.1, 0.15) is 5.25 Å². The number of fused-ring (bicyclic) bond motifs is 1. The fourth-order valence-electron chi connectivity index (χ4n) is 1.78. The Kier molecular flexibility index (Phi) is 2.23. The van der Waals surface area contributed by atoms with Gasteiger partial charge in [-0.15, -0.1) is 0 Å². The zero-order chi connectivity index (χ0) is 12.1. The van der Waals surface area contributed by atoms with Crippen molar-refractivity contribution in [1.29, 1.82) is 0 Å². The lowest BCUT2D eigenvalue weighted by Crippen LogP contribution is -2.08. The van der Waals surface area contributed by atoms with Crippen LogP contribution in [-0.2, 0) is 9.84 Å². The molecule has 1 aromatic rings. The summed E-state index contributed by atoms with van der Waals surface area (Å²) in [4.78, 5) is 18.1. The fourth-order valence-corrected chi connectivity index (χ4v) is 3.43. The van der Waals surface area contributed by atoms with Crippen LogP contribution in [0.2, 0.25) is 0 Å². The molecule has 0 saturated heterocycles. The number of rotatable bonds is 1. The van der Waals surface area contributed by atoms with Crippen LogP contribution in [0.5, 0.6) is 0 Å². The van der Waals surface area contributed by atoms with Gasteiger partial charge in [0.15, 0.2) is 9.84 Å². The molecule has 0 fully saturated rings. The highest BCUT2D eigenvalue weighted by Gasteiger charge is 2.41. The maximum atomic E-state index is 11.8. The molecule has 1 aliphatic rings. The minimum Gasteiger partial charge on any atom is -0.475 e. The zero-order valence-electron chi connectivity index (χ0n) is 8.71. The van der Waals surface area contributed by atoms with E-state index < -0.39 is 26.3 Å². The third kappa shape index (κ3) is 1.31. The SMILES string of the molecule is CC1c2cnc(C(=O)O)nc2C(C)S1(=O)=O. The van der Waals surface area contributed by atoms with Crippen molar-refractivity contribution in [3.05, 3.63) is 23.3 Å². The van der Waals surface area contributed by atoms with E-state index in [4.69, 9.17) is 5.11 Å². The Morgan fingerprint density at radius 2 is 2.00 bits per heavy atom. The van der Waals surface area contributed by atoms with Crippen LogP contribution in [0.25, 0.3) is 0 Å². The summed E-state index contributed by atoms with van der Waals surface area (Å²) in [6.07, 6.45) is 1.29. The van der Waals surface area contributed by atoms with Gasteiger partial charge in [0.2, 0.25) is 5.82 Å². The molecule has 0 bridgehead atoms. The molecule has 0 radical (unpaired) electrons. The summed E-state index contributed by atoms with van der Waals surface area (Å²) in [6, 6.07) is 0. The van der Waals surface area contributed by atoms with E-state index in [2.05, 4.69) is 9.97 Å². The summed E-state index contributed by atoms with van der Waals surface area (Å²) in [6.45, 7) is 3.07. The van der Waals surface area contributed by atoms with Crippen molar-refractivity contribution in [2.45, 2.75) is 24.3 Å². The van der Waals surface area contributed by atoms with E-state index in [0.717, 1.165) is 0 Å². The van der Waals surface area contributed by atoms with Crippen molar-refractivity contribution in [1.82, 2.24) is 9.97 Å². The molecular formula is C9H10N2O4S. The van der Waals surface area contributed by atoms with Crippen molar-refractivity contribution in [3.8, 4) is 0 Å². The standard InChI is InChI=1S/C9H10N2O4S/c1-4-6-3-10-8(9(12)13)11-7(6)5(2)16(4,14)15/h3-5H,1-2H3,(H,12,13). The Morgan fingerprint density at radius 1 is 1.38 bits per heavy atom. The second kappa shape index (κ2) is 3.24. The topological polar surface area (TPSA) is 97.2 Å². The molecule has 0 saturated carbocycles. The summed E-state index contributed by atoms with van der Waals surface area (Å²) in [7, 11) is -3.30. The molecule has 7 heteroatoms. The van der Waals surface area contributed by atoms with E-state index in [-0.39, 0.29) is 5.82 Å². The number of carboxylic acid groups (broad SMARTS) is 1. The first-order chi connectivity index (χ1) is 7.35. The Hall–Kier alpha value is -1.50. The van der Waals surface area contributed by atoms with Crippen molar-refractivity contribution < 1.29 is 18.3 Å². The van der Waals surface area contributed by atoms with Crippen molar-refractivity contribution in [2.24, 2.45) is 0 Å². The lowest BCUT2D eigenvalue weighted by molar-refractivity contribution is 0.0683. The van der Waals surface area contributed by atoms with E-state index in [0.29, 0.717) is 11.3 Å². The quantitative estimate of drug-likeness (QED) is 0.779. The van der Waals surface area contributed by atoms with Crippen LogP contribution in [0.4, 0.5) is 0 Å². The Labute approximate surface area is 92.3 Å². The normalized spacial score (nSPS) is 26.4. The lowest BCUT2D eigenvalue weighted by Gasteiger charge is -2.03. The van der Waals surface area contributed by atoms with E-state index in [1.54, 1.807) is 6.92 Å². The van der Waals surface area contributed by atoms with Crippen LogP contribution in [0.15, 0.2) is 6.20 Å². The molecule has 1 aliphatic heterocycles. The summed E-state index contributed by atoms with van der Waals surface area (Å²) in [5.74, 6) is -1.62. The van der Waals surface area contributed by atoms with Crippen LogP contribution in [0.3, 0.4) is 0 Å². The Morgan fingerprint density at radius 3 is 2.56 bits per heavy atom. The molecule has 6 nitrogen and oxygen atoms in total. The first-order valence-corrected chi connectivity index (χ1v) is 6.29. The number of sulfone groups is 1. The molecule has 2 unspecified atom stereocenters. The minimum atomic E-state index is -3.30. The molecular weight excluding hydrogens is 232 g/mol. The molecule has 2 atom stereocenters. The number of carboxylic acids is 1. The highest BCUT2D eigenvalue weighted by atomic mass is 32.2. The van der Waals surface area contributed by atoms with Crippen LogP contribution in [0.1, 0.15) is 46.2 Å². The second-order valence-electron chi connectivity index (χ2n) is 3.71. The van der Waals surface area contributed by atoms with E-state index >= 15 is 0 Å². The first-order valence-electron chi connectivity index (χ1n) is 4.68. The van der Waals surface area contributed by atoms with Crippen LogP contribution in [-0.4, -0.2) is 29.5 Å². The van der Waals surface area contributed by atoms with Crippen LogP contribution >= 0.6 is 0 Å². The lowest BCUT2D eigenvalue weighted by atomic mass is 10.1. The molecule has 2 rings (SSSR count). The summed E-state index contributed by atoms with van der Waals surface area (Å²) >= 11 is 0. The molecule has 0 spiro atoms. The number of aromatic nitrogens is 2. The van der Waals surface area contributed by atoms with Gasteiger partial charge in [-0.1, -0.05) is 0 Å². The molecule has 0 aliphatic carbocycles. The first kappa shape index (κ1) is 11.0. The molecule has 1 N–H and O–H groups in total. The number of nitrogens with zero attached hydrogens (tertiary/aromatic N) is 2. The van der Waals surface area contributed by atoms with Crippen molar-refractivity contribution in [2.75, 3.05) is 0 Å². The van der Waals surface area contributed by atoms with E-state index in [1.807, 2.05) is 0 Å². The van der Waals surface area contributed by atoms with Gasteiger partial charge in [-0.2, -0.15) is 0 Å². The molecule has 86 valence electrons. The fraction of sp³-hybridized carbons (Fsp3) is 0.444. The van der Waals surface area contributed by atoms with Gasteiger partial charge in [-0.05, 0) is 13.8 Å². The molecule has 16 heavy (non-hydrogen) atoms. The van der Waals surface area contributed by atoms with Gasteiger partial charge in [-0.25, -0.2) is 23.2 Å². The molecule has 0 amide bonds. The predicted molar refractivity (Wildman–Crippen MR) is 54.7 cm³/mol. The zero-order valence-corrected chi connectivity index (χ0v) is 9.52. The minimum absolute atomic E-state index is 0.305. The Bertz CT molecular complexity index is 567. The largest absolute Gasteiger partial charge is 0.475 e. The van der Waals surface area contributed by atoms with E-state index in [1.165, 1.54) is 13.1 Å². The third-order valence-electron chi connectivity index (χ3n) is 2.85. The number of hydrogen-bond donors (Lipinski definition) is 1. The number of hydrogen-bond acceptors (Lipinski definition) is 5. The molecule has 0 aromatic carbocycles. The maximum Gasteiger partial charge on any atom is 0.373 e. The van der Waals surface area contributed by atoms with Gasteiger partial charge in [0, 0.05) is 11.8 Å². The van der Waals surface area contributed by atoms with Gasteiger partial charge in [0.25, 0.3) is 0 Å². The van der Waals surface area contributed by atoms with Crippen LogP contribution < -0.4 is 0 Å². The molecule has 1 aromatic heterocycles. The maximum absolute atomic E-state index is 11.8.